The van der Waals surface area contributed by atoms with E-state index in [1.54, 1.807) is 53.6 Å². The van der Waals surface area contributed by atoms with Gasteiger partial charge in [0, 0.05) is 67.2 Å². The topological polar surface area (TPSA) is 174 Å². The highest BCUT2D eigenvalue weighted by Gasteiger charge is 2.45. The van der Waals surface area contributed by atoms with E-state index in [0.717, 1.165) is 47.0 Å². The monoisotopic (exact) mass is 919 g/mol. The van der Waals surface area contributed by atoms with Crippen LogP contribution in [0.1, 0.15) is 102 Å². The Hall–Kier alpha value is -6.21. The Morgan fingerprint density at radius 1 is 0.924 bits per heavy atom. The molecule has 8 rings (SSSR count). The summed E-state index contributed by atoms with van der Waals surface area (Å²) in [4.78, 5) is 83.7. The molecule has 0 spiro atoms. The lowest BCUT2D eigenvalue weighted by Gasteiger charge is -2.33. The average Bonchev–Trinajstić information content (AvgIpc) is 3.57. The van der Waals surface area contributed by atoms with Crippen molar-refractivity contribution >= 4 is 63.6 Å². The van der Waals surface area contributed by atoms with E-state index in [0.29, 0.717) is 48.0 Å². The van der Waals surface area contributed by atoms with Crippen molar-refractivity contribution < 1.29 is 47.4 Å². The summed E-state index contributed by atoms with van der Waals surface area (Å²) in [5, 5.41) is 6.54. The van der Waals surface area contributed by atoms with Crippen LogP contribution in [0.5, 0.6) is 5.75 Å². The molecular weight excluding hydrogens is 869 g/mol. The number of likely N-dealkylation sites (tertiary alicyclic amines) is 1. The molecule has 4 aliphatic rings. The Labute approximate surface area is 386 Å². The quantitative estimate of drug-likeness (QED) is 0.0777. The number of fused-ring (bicyclic) bond motifs is 2. The second-order valence-electron chi connectivity index (χ2n) is 17.2. The number of rotatable bonds is 14. The van der Waals surface area contributed by atoms with Gasteiger partial charge in [0.25, 0.3) is 11.8 Å². The molecule has 14 nitrogen and oxygen atoms in total. The molecule has 1 aliphatic carbocycles. The molecule has 1 unspecified atom stereocenters. The molecule has 0 radical (unpaired) electrons. The maximum absolute atomic E-state index is 14.1. The number of imide groups is 2. The van der Waals surface area contributed by atoms with Crippen LogP contribution in [0.15, 0.2) is 66.9 Å². The molecule has 2 N–H and O–H groups in total. The van der Waals surface area contributed by atoms with E-state index in [9.17, 15) is 33.2 Å². The molecule has 1 saturated carbocycles. The number of carbonyl (C=O) groups excluding carboxylic acids is 6. The van der Waals surface area contributed by atoms with Gasteiger partial charge in [-0.05, 0) is 98.0 Å². The molecule has 2 saturated heterocycles. The van der Waals surface area contributed by atoms with Crippen LogP contribution < -0.4 is 15.4 Å². The largest absolute Gasteiger partial charge is 0.489 e. The Bertz CT molecular complexity index is 2600. The van der Waals surface area contributed by atoms with E-state index in [2.05, 4.69) is 27.5 Å². The van der Waals surface area contributed by atoms with Crippen molar-refractivity contribution in [3.63, 3.8) is 0 Å². The van der Waals surface area contributed by atoms with Crippen molar-refractivity contribution in [3.05, 3.63) is 100.0 Å². The molecule has 1 aromatic heterocycles. The summed E-state index contributed by atoms with van der Waals surface area (Å²) in [6.45, 7) is 3.74. The third-order valence-electron chi connectivity index (χ3n) is 13.1. The summed E-state index contributed by atoms with van der Waals surface area (Å²) in [7, 11) is 0. The van der Waals surface area contributed by atoms with E-state index in [1.807, 2.05) is 13.0 Å². The molecule has 4 aromatic rings. The van der Waals surface area contributed by atoms with Gasteiger partial charge in [-0.15, -0.1) is 0 Å². The number of carbonyl (C=O) groups is 6. The van der Waals surface area contributed by atoms with Gasteiger partial charge >= 0.3 is 0 Å². The standard InChI is InChI=1S/C50H51ClFN5O9/c1-30(31-7-9-32(10-8-31)37-17-21-53-41-14-11-34(52)28-39(37)41)47(60)54-35-12-13-40(51)43(29-35)66-36-18-22-56(23-19-36)45(59)20-25-65-27-26-64-24-3-5-33-4-2-6-38-46(33)50(63)57(49(38)62)42-15-16-44(58)55-48(42)61/h2,4,6,11-14,17,21,28-32,36,42H,7-10,15-16,18-20,22-27H2,1H3,(H,54,60)(H,55,58,61)/t30-,31?,32?,42?/m1/s1. The van der Waals surface area contributed by atoms with Gasteiger partial charge in [-0.3, -0.25) is 44.0 Å². The Balaban J connectivity index is 0.713. The zero-order valence-electron chi connectivity index (χ0n) is 36.6. The lowest BCUT2D eigenvalue weighted by Crippen LogP contribution is -2.54. The van der Waals surface area contributed by atoms with Gasteiger partial charge in [0.15, 0.2) is 0 Å². The zero-order chi connectivity index (χ0) is 46.3. The molecule has 3 aliphatic heterocycles. The lowest BCUT2D eigenvalue weighted by molar-refractivity contribution is -0.136. The van der Waals surface area contributed by atoms with Crippen molar-refractivity contribution in [1.29, 1.82) is 0 Å². The minimum Gasteiger partial charge on any atom is -0.489 e. The fraction of sp³-hybridized carbons (Fsp3) is 0.420. The maximum Gasteiger partial charge on any atom is 0.263 e. The van der Waals surface area contributed by atoms with E-state index in [1.165, 1.54) is 12.1 Å². The Morgan fingerprint density at radius 2 is 1.71 bits per heavy atom. The number of amides is 6. The average molecular weight is 920 g/mol. The molecule has 2 atom stereocenters. The Kier molecular flexibility index (Phi) is 14.7. The molecular formula is C50H51ClFN5O9. The van der Waals surface area contributed by atoms with Crippen LogP contribution in [0, 0.1) is 29.5 Å². The summed E-state index contributed by atoms with van der Waals surface area (Å²) < 4.78 is 31.5. The third kappa shape index (κ3) is 10.6. The first-order valence-electron chi connectivity index (χ1n) is 22.5. The normalized spacial score (nSPS) is 20.4. The van der Waals surface area contributed by atoms with E-state index >= 15 is 0 Å². The highest BCUT2D eigenvalue weighted by atomic mass is 35.5. The number of ether oxygens (including phenoxy) is 3. The van der Waals surface area contributed by atoms with Gasteiger partial charge in [-0.25, -0.2) is 4.39 Å². The number of nitrogens with one attached hydrogen (secondary N) is 2. The van der Waals surface area contributed by atoms with Crippen molar-refractivity contribution in [2.45, 2.75) is 82.8 Å². The van der Waals surface area contributed by atoms with Gasteiger partial charge in [0.2, 0.25) is 23.6 Å². The molecule has 16 heteroatoms. The van der Waals surface area contributed by atoms with Gasteiger partial charge in [0.05, 0.1) is 47.9 Å². The summed E-state index contributed by atoms with van der Waals surface area (Å²) >= 11 is 6.53. The van der Waals surface area contributed by atoms with Crippen LogP contribution in [0.2, 0.25) is 5.02 Å². The van der Waals surface area contributed by atoms with Crippen LogP contribution in [0.4, 0.5) is 10.1 Å². The van der Waals surface area contributed by atoms with E-state index in [-0.39, 0.29) is 98.3 Å². The maximum atomic E-state index is 14.1. The van der Waals surface area contributed by atoms with Gasteiger partial charge in [-0.1, -0.05) is 36.4 Å². The van der Waals surface area contributed by atoms with Crippen molar-refractivity contribution in [2.24, 2.45) is 11.8 Å². The minimum atomic E-state index is -1.06. The fourth-order valence-corrected chi connectivity index (χ4v) is 9.54. The number of nitrogens with zero attached hydrogens (tertiary/aromatic N) is 3. The predicted octanol–water partition coefficient (Wildman–Crippen LogP) is 6.82. The highest BCUT2D eigenvalue weighted by molar-refractivity contribution is 6.32. The summed E-state index contributed by atoms with van der Waals surface area (Å²) in [5.41, 5.74) is 3.12. The smallest absolute Gasteiger partial charge is 0.263 e. The number of hydrogen-bond donors (Lipinski definition) is 2. The zero-order valence-corrected chi connectivity index (χ0v) is 37.4. The minimum absolute atomic E-state index is 0.0218. The number of piperidine rings is 2. The Morgan fingerprint density at radius 3 is 2.50 bits per heavy atom. The summed E-state index contributed by atoms with van der Waals surface area (Å²) in [6, 6.07) is 15.6. The van der Waals surface area contributed by atoms with Crippen LogP contribution in [-0.4, -0.2) is 102 Å². The van der Waals surface area contributed by atoms with Crippen LogP contribution in [0.3, 0.4) is 0 Å². The van der Waals surface area contributed by atoms with Gasteiger partial charge < -0.3 is 24.4 Å². The first kappa shape index (κ1) is 46.3. The molecule has 66 heavy (non-hydrogen) atoms. The second-order valence-corrected chi connectivity index (χ2v) is 17.6. The lowest BCUT2D eigenvalue weighted by atomic mass is 9.73. The van der Waals surface area contributed by atoms with E-state index in [4.69, 9.17) is 25.8 Å². The number of pyridine rings is 1. The number of benzene rings is 3. The molecule has 0 bridgehead atoms. The number of hydrogen-bond acceptors (Lipinski definition) is 10. The summed E-state index contributed by atoms with van der Waals surface area (Å²) in [5.74, 6) is 3.81. The van der Waals surface area contributed by atoms with Crippen LogP contribution >= 0.6 is 11.6 Å². The number of halogens is 2. The molecule has 3 aromatic carbocycles. The number of aromatic nitrogens is 1. The first-order chi connectivity index (χ1) is 31.9. The van der Waals surface area contributed by atoms with Crippen molar-refractivity contribution in [2.75, 3.05) is 44.8 Å². The van der Waals surface area contributed by atoms with Crippen molar-refractivity contribution in [3.8, 4) is 17.6 Å². The SMILES string of the molecule is C[C@@H](C(=O)Nc1ccc(Cl)c(OC2CCN(C(=O)CCOCCOCC#Cc3cccc4c3C(=O)N(C3CCC(=O)NC3=O)C4=O)CC2)c1)C1CCC(c2ccnc3ccc(F)cc23)CC1. The van der Waals surface area contributed by atoms with Gasteiger partial charge in [-0.2, -0.15) is 0 Å². The van der Waals surface area contributed by atoms with E-state index < -0.39 is 29.7 Å². The second kappa shape index (κ2) is 21.0. The molecule has 344 valence electrons. The van der Waals surface area contributed by atoms with Crippen molar-refractivity contribution in [1.82, 2.24) is 20.1 Å². The first-order valence-corrected chi connectivity index (χ1v) is 22.9. The fourth-order valence-electron chi connectivity index (χ4n) is 9.38. The summed E-state index contributed by atoms with van der Waals surface area (Å²) in [6.07, 6.45) is 6.79. The van der Waals surface area contributed by atoms with Gasteiger partial charge in [0.1, 0.15) is 30.3 Å². The number of anilines is 1. The third-order valence-corrected chi connectivity index (χ3v) is 13.4. The van der Waals surface area contributed by atoms with Crippen LogP contribution in [-0.2, 0) is 28.7 Å². The van der Waals surface area contributed by atoms with Crippen LogP contribution in [0.25, 0.3) is 10.9 Å². The molecule has 3 fully saturated rings. The molecule has 4 heterocycles. The highest BCUT2D eigenvalue weighted by Crippen LogP contribution is 2.41. The predicted molar refractivity (Wildman–Crippen MR) is 242 cm³/mol. The molecule has 6 amide bonds.